The number of aliphatic carboxylic acids is 1. The van der Waals surface area contributed by atoms with Crippen LogP contribution in [0, 0.1) is 5.41 Å². The van der Waals surface area contributed by atoms with Crippen LogP contribution in [-0.4, -0.2) is 48.4 Å². The minimum absolute atomic E-state index is 0.285. The summed E-state index contributed by atoms with van der Waals surface area (Å²) >= 11 is 0. The predicted octanol–water partition coefficient (Wildman–Crippen LogP) is 7.36. The SMILES string of the molecule is C/C=C(\N=C(C)CN(C)C(Cc1ccccc1)C(=O)O)c1ccc(N(C)Cc2ccc(CC(C)(C)C)cc2)cc1. The Kier molecular flexibility index (Phi) is 10.9. The van der Waals surface area contributed by atoms with Gasteiger partial charge in [0.25, 0.3) is 0 Å². The molecular formula is C35H45N3O2. The van der Waals surface area contributed by atoms with Crippen LogP contribution in [0.25, 0.3) is 5.70 Å². The van der Waals surface area contributed by atoms with Gasteiger partial charge in [-0.3, -0.25) is 14.7 Å². The Morgan fingerprint density at radius 2 is 1.50 bits per heavy atom. The summed E-state index contributed by atoms with van der Waals surface area (Å²) < 4.78 is 0. The van der Waals surface area contributed by atoms with Gasteiger partial charge in [-0.25, -0.2) is 0 Å². The molecule has 0 aliphatic rings. The highest BCUT2D eigenvalue weighted by atomic mass is 16.4. The molecule has 0 saturated carbocycles. The number of anilines is 1. The summed E-state index contributed by atoms with van der Waals surface area (Å²) in [6.07, 6.45) is 3.52. The first kappa shape index (κ1) is 30.8. The molecule has 0 amide bonds. The van der Waals surface area contributed by atoms with Crippen LogP contribution in [0.1, 0.15) is 56.9 Å². The molecule has 0 aromatic heterocycles. The minimum Gasteiger partial charge on any atom is -0.480 e. The van der Waals surface area contributed by atoms with Crippen molar-refractivity contribution in [3.05, 3.63) is 107 Å². The Labute approximate surface area is 240 Å². The molecule has 0 saturated heterocycles. The zero-order valence-corrected chi connectivity index (χ0v) is 25.2. The first-order valence-corrected chi connectivity index (χ1v) is 14.0. The Balaban J connectivity index is 1.63. The van der Waals surface area contributed by atoms with Crippen molar-refractivity contribution < 1.29 is 9.90 Å². The predicted molar refractivity (Wildman–Crippen MR) is 169 cm³/mol. The molecule has 40 heavy (non-hydrogen) atoms. The summed E-state index contributed by atoms with van der Waals surface area (Å²) in [7, 11) is 3.96. The molecule has 3 rings (SSSR count). The summed E-state index contributed by atoms with van der Waals surface area (Å²) in [6, 6.07) is 26.5. The molecule has 3 aromatic carbocycles. The number of hydrogen-bond donors (Lipinski definition) is 1. The molecule has 0 bridgehead atoms. The average molecular weight is 540 g/mol. The van der Waals surface area contributed by atoms with Gasteiger partial charge in [0.05, 0.1) is 5.70 Å². The molecule has 0 aliphatic heterocycles. The van der Waals surface area contributed by atoms with Gasteiger partial charge in [-0.05, 0) is 73.5 Å². The lowest BCUT2D eigenvalue weighted by Crippen LogP contribution is -2.42. The van der Waals surface area contributed by atoms with Crippen LogP contribution < -0.4 is 4.90 Å². The molecule has 1 N–H and O–H groups in total. The zero-order chi connectivity index (χ0) is 29.3. The number of rotatable bonds is 12. The van der Waals surface area contributed by atoms with Gasteiger partial charge in [-0.15, -0.1) is 0 Å². The van der Waals surface area contributed by atoms with E-state index in [0.29, 0.717) is 13.0 Å². The zero-order valence-electron chi connectivity index (χ0n) is 25.2. The first-order chi connectivity index (χ1) is 18.9. The van der Waals surface area contributed by atoms with Crippen molar-refractivity contribution in [2.24, 2.45) is 10.4 Å². The van der Waals surface area contributed by atoms with Crippen LogP contribution in [0.2, 0.25) is 0 Å². The summed E-state index contributed by atoms with van der Waals surface area (Å²) in [5.74, 6) is -0.828. The number of aliphatic imine (C=N–C) groups is 1. The van der Waals surface area contributed by atoms with Gasteiger partial charge in [-0.1, -0.05) is 93.6 Å². The largest absolute Gasteiger partial charge is 0.480 e. The quantitative estimate of drug-likeness (QED) is 0.244. The molecule has 3 aromatic rings. The monoisotopic (exact) mass is 539 g/mol. The van der Waals surface area contributed by atoms with Crippen molar-refractivity contribution in [2.75, 3.05) is 25.5 Å². The first-order valence-electron chi connectivity index (χ1n) is 14.0. The summed E-state index contributed by atoms with van der Waals surface area (Å²) in [5, 5.41) is 9.84. The van der Waals surface area contributed by atoms with Crippen LogP contribution in [0.15, 0.2) is 89.9 Å². The summed E-state index contributed by atoms with van der Waals surface area (Å²) in [5.41, 5.74) is 7.88. The van der Waals surface area contributed by atoms with E-state index in [-0.39, 0.29) is 5.41 Å². The van der Waals surface area contributed by atoms with E-state index in [2.05, 4.69) is 81.2 Å². The Hall–Kier alpha value is -3.70. The summed E-state index contributed by atoms with van der Waals surface area (Å²) in [6.45, 7) is 12.0. The second-order valence-electron chi connectivity index (χ2n) is 11.9. The fourth-order valence-corrected chi connectivity index (χ4v) is 4.90. The highest BCUT2D eigenvalue weighted by molar-refractivity contribution is 5.90. The number of nitrogens with zero attached hydrogens (tertiary/aromatic N) is 3. The topological polar surface area (TPSA) is 56.1 Å². The lowest BCUT2D eigenvalue weighted by molar-refractivity contribution is -0.142. The van der Waals surface area contributed by atoms with E-state index >= 15 is 0 Å². The molecule has 0 spiro atoms. The van der Waals surface area contributed by atoms with E-state index in [1.54, 1.807) is 0 Å². The number of carbonyl (C=O) groups is 1. The lowest BCUT2D eigenvalue weighted by Gasteiger charge is -2.24. The Morgan fingerprint density at radius 1 is 0.900 bits per heavy atom. The lowest BCUT2D eigenvalue weighted by atomic mass is 9.88. The maximum atomic E-state index is 12.0. The molecule has 5 nitrogen and oxygen atoms in total. The number of likely N-dealkylation sites (N-methyl/N-ethyl adjacent to an activating group) is 1. The van der Waals surface area contributed by atoms with Crippen LogP contribution in [0.3, 0.4) is 0 Å². The van der Waals surface area contributed by atoms with Gasteiger partial charge >= 0.3 is 5.97 Å². The number of carboxylic acid groups (broad SMARTS) is 1. The van der Waals surface area contributed by atoms with Crippen LogP contribution in [0.4, 0.5) is 5.69 Å². The smallest absolute Gasteiger partial charge is 0.321 e. The second kappa shape index (κ2) is 14.1. The average Bonchev–Trinajstić information content (AvgIpc) is 2.91. The van der Waals surface area contributed by atoms with Gasteiger partial charge in [0.2, 0.25) is 0 Å². The van der Waals surface area contributed by atoms with Gasteiger partial charge in [0.15, 0.2) is 0 Å². The Morgan fingerprint density at radius 3 is 2.05 bits per heavy atom. The number of carboxylic acids is 1. The van der Waals surface area contributed by atoms with Gasteiger partial charge in [0, 0.05) is 31.5 Å². The fraction of sp³-hybridized carbons (Fsp3) is 0.371. The molecular weight excluding hydrogens is 494 g/mol. The molecule has 1 unspecified atom stereocenters. The van der Waals surface area contributed by atoms with Crippen LogP contribution in [0.5, 0.6) is 0 Å². The third-order valence-corrected chi connectivity index (χ3v) is 6.93. The maximum absolute atomic E-state index is 12.0. The van der Waals surface area contributed by atoms with E-state index in [4.69, 9.17) is 4.99 Å². The van der Waals surface area contributed by atoms with Crippen LogP contribution >= 0.6 is 0 Å². The second-order valence-corrected chi connectivity index (χ2v) is 11.9. The minimum atomic E-state index is -0.828. The van der Waals surface area contributed by atoms with Crippen molar-refractivity contribution in [1.82, 2.24) is 4.90 Å². The molecule has 0 fully saturated rings. The van der Waals surface area contributed by atoms with Gasteiger partial charge in [-0.2, -0.15) is 0 Å². The molecule has 212 valence electrons. The van der Waals surface area contributed by atoms with Crippen molar-refractivity contribution in [2.45, 2.75) is 60.0 Å². The molecule has 1 atom stereocenters. The van der Waals surface area contributed by atoms with Crippen LogP contribution in [-0.2, 0) is 24.2 Å². The van der Waals surface area contributed by atoms with Crippen molar-refractivity contribution in [3.63, 3.8) is 0 Å². The van der Waals surface area contributed by atoms with Gasteiger partial charge < -0.3 is 10.0 Å². The molecule has 0 aliphatic carbocycles. The van der Waals surface area contributed by atoms with Gasteiger partial charge in [0.1, 0.15) is 6.04 Å². The van der Waals surface area contributed by atoms with Crippen molar-refractivity contribution >= 4 is 23.1 Å². The molecule has 0 heterocycles. The fourth-order valence-electron chi connectivity index (χ4n) is 4.90. The van der Waals surface area contributed by atoms with E-state index in [1.165, 1.54) is 11.1 Å². The number of hydrogen-bond acceptors (Lipinski definition) is 4. The van der Waals surface area contributed by atoms with Crippen molar-refractivity contribution in [1.29, 1.82) is 0 Å². The highest BCUT2D eigenvalue weighted by Crippen LogP contribution is 2.24. The third-order valence-electron chi connectivity index (χ3n) is 6.93. The highest BCUT2D eigenvalue weighted by Gasteiger charge is 2.23. The van der Waals surface area contributed by atoms with E-state index in [0.717, 1.165) is 41.2 Å². The maximum Gasteiger partial charge on any atom is 0.321 e. The Bertz CT molecular complexity index is 1290. The molecule has 0 radical (unpaired) electrons. The normalized spacial score (nSPS) is 13.4. The molecule has 5 heteroatoms. The summed E-state index contributed by atoms with van der Waals surface area (Å²) in [4.78, 5) is 21.0. The number of benzene rings is 3. The van der Waals surface area contributed by atoms with Crippen molar-refractivity contribution in [3.8, 4) is 0 Å². The number of allylic oxidation sites excluding steroid dienone is 1. The van der Waals surface area contributed by atoms with E-state index in [1.807, 2.05) is 62.2 Å². The van der Waals surface area contributed by atoms with E-state index < -0.39 is 12.0 Å². The third kappa shape index (κ3) is 9.49. The standard InChI is InChI=1S/C35H45N3O2/c1-8-32(36-26(2)24-38(7)33(34(39)40)22-27-12-10-9-11-13-27)30-18-20-31(21-19-30)37(6)25-29-16-14-28(15-17-29)23-35(3,4)5/h8-21,33H,22-25H2,1-7H3,(H,39,40)/b32-8-,36-26?. The van der Waals surface area contributed by atoms with E-state index in [9.17, 15) is 9.90 Å².